The van der Waals surface area contributed by atoms with Crippen LogP contribution in [-0.2, 0) is 4.79 Å². The number of carbonyl (C=O) groups excluding carboxylic acids is 2. The molecule has 12 heavy (non-hydrogen) atoms. The number of Topliss-reactive ketones (excluding diaryl/α,β-unsaturated/α-hetero) is 1. The Morgan fingerprint density at radius 3 is 2.25 bits per heavy atom. The first-order valence-corrected chi connectivity index (χ1v) is 4.09. The highest BCUT2D eigenvalue weighted by molar-refractivity contribution is 5.82. The van der Waals surface area contributed by atoms with E-state index in [2.05, 4.69) is 0 Å². The fourth-order valence-electron chi connectivity index (χ4n) is 1.23. The average Bonchev–Trinajstić information content (AvgIpc) is 2.04. The molecule has 1 rings (SSSR count). The second-order valence-electron chi connectivity index (χ2n) is 3.20. The molecule has 0 aromatic carbocycles. The molecule has 0 radical (unpaired) electrons. The first-order chi connectivity index (χ1) is 5.61. The van der Waals surface area contributed by atoms with E-state index in [0.717, 1.165) is 0 Å². The Bertz CT molecular complexity index is 191. The van der Waals surface area contributed by atoms with Crippen LogP contribution in [0.3, 0.4) is 0 Å². The van der Waals surface area contributed by atoms with E-state index in [0.29, 0.717) is 25.9 Å². The quantitative estimate of drug-likeness (QED) is 0.525. The highest BCUT2D eigenvalue weighted by atomic mass is 16.2. The minimum Gasteiger partial charge on any atom is -0.331 e. The van der Waals surface area contributed by atoms with Crippen molar-refractivity contribution in [2.45, 2.75) is 12.8 Å². The Morgan fingerprint density at radius 1 is 1.33 bits per heavy atom. The van der Waals surface area contributed by atoms with Gasteiger partial charge in [-0.1, -0.05) is 0 Å². The van der Waals surface area contributed by atoms with Crippen molar-refractivity contribution >= 4 is 11.8 Å². The number of carbonyl (C=O) groups is 2. The first-order valence-electron chi connectivity index (χ1n) is 4.09. The SMILES string of the molecule is CN(C)C(=O)N1CCC(=O)CC1. The summed E-state index contributed by atoms with van der Waals surface area (Å²) in [6.45, 7) is 1.16. The number of piperidine rings is 1. The summed E-state index contributed by atoms with van der Waals surface area (Å²) in [4.78, 5) is 25.4. The molecule has 0 aromatic rings. The van der Waals surface area contributed by atoms with Crippen LogP contribution in [0.25, 0.3) is 0 Å². The van der Waals surface area contributed by atoms with E-state index in [-0.39, 0.29) is 11.8 Å². The molecule has 4 nitrogen and oxygen atoms in total. The van der Waals surface area contributed by atoms with E-state index in [9.17, 15) is 9.59 Å². The number of rotatable bonds is 0. The summed E-state index contributed by atoms with van der Waals surface area (Å²) in [5.74, 6) is 0.262. The van der Waals surface area contributed by atoms with E-state index in [1.165, 1.54) is 4.90 Å². The Labute approximate surface area is 72.1 Å². The van der Waals surface area contributed by atoms with E-state index < -0.39 is 0 Å². The van der Waals surface area contributed by atoms with Crippen molar-refractivity contribution in [2.24, 2.45) is 0 Å². The van der Waals surface area contributed by atoms with Gasteiger partial charge in [-0.3, -0.25) is 4.79 Å². The molecule has 1 saturated heterocycles. The van der Waals surface area contributed by atoms with Crippen LogP contribution < -0.4 is 0 Å². The fourth-order valence-corrected chi connectivity index (χ4v) is 1.23. The normalized spacial score (nSPS) is 17.8. The Hall–Kier alpha value is -1.06. The molecule has 0 aromatic heterocycles. The zero-order chi connectivity index (χ0) is 9.14. The topological polar surface area (TPSA) is 40.6 Å². The summed E-state index contributed by atoms with van der Waals surface area (Å²) >= 11 is 0. The fraction of sp³-hybridized carbons (Fsp3) is 0.750. The number of nitrogens with zero attached hydrogens (tertiary/aromatic N) is 2. The number of urea groups is 1. The number of hydrogen-bond donors (Lipinski definition) is 0. The van der Waals surface area contributed by atoms with Crippen molar-refractivity contribution < 1.29 is 9.59 Å². The molecule has 1 aliphatic heterocycles. The molecule has 0 spiro atoms. The van der Waals surface area contributed by atoms with Gasteiger partial charge in [0.2, 0.25) is 0 Å². The van der Waals surface area contributed by atoms with Crippen LogP contribution in [-0.4, -0.2) is 48.8 Å². The largest absolute Gasteiger partial charge is 0.331 e. The third-order valence-corrected chi connectivity index (χ3v) is 1.97. The lowest BCUT2D eigenvalue weighted by Crippen LogP contribution is -2.43. The molecule has 0 atom stereocenters. The minimum absolute atomic E-state index is 0.00231. The molecule has 2 amide bonds. The maximum atomic E-state index is 11.3. The van der Waals surface area contributed by atoms with Gasteiger partial charge in [0, 0.05) is 40.0 Å². The summed E-state index contributed by atoms with van der Waals surface area (Å²) in [5, 5.41) is 0. The zero-order valence-corrected chi connectivity index (χ0v) is 7.54. The van der Waals surface area contributed by atoms with Crippen LogP contribution in [0.5, 0.6) is 0 Å². The Morgan fingerprint density at radius 2 is 1.83 bits per heavy atom. The van der Waals surface area contributed by atoms with Crippen molar-refractivity contribution in [1.82, 2.24) is 9.80 Å². The molecule has 0 unspecified atom stereocenters. The van der Waals surface area contributed by atoms with E-state index >= 15 is 0 Å². The highest BCUT2D eigenvalue weighted by Gasteiger charge is 2.21. The van der Waals surface area contributed by atoms with E-state index in [1.807, 2.05) is 0 Å². The van der Waals surface area contributed by atoms with Gasteiger partial charge >= 0.3 is 6.03 Å². The molecular weight excluding hydrogens is 156 g/mol. The van der Waals surface area contributed by atoms with Crippen molar-refractivity contribution in [3.8, 4) is 0 Å². The van der Waals surface area contributed by atoms with Gasteiger partial charge in [-0.25, -0.2) is 4.79 Å². The lowest BCUT2D eigenvalue weighted by atomic mass is 10.1. The summed E-state index contributed by atoms with van der Waals surface area (Å²) < 4.78 is 0. The first kappa shape index (κ1) is 9.03. The summed E-state index contributed by atoms with van der Waals surface area (Å²) in [5.41, 5.74) is 0. The lowest BCUT2D eigenvalue weighted by molar-refractivity contribution is -0.120. The molecule has 0 bridgehead atoms. The molecule has 4 heteroatoms. The van der Waals surface area contributed by atoms with Crippen molar-refractivity contribution in [2.75, 3.05) is 27.2 Å². The second-order valence-corrected chi connectivity index (χ2v) is 3.20. The lowest BCUT2D eigenvalue weighted by Gasteiger charge is -2.28. The van der Waals surface area contributed by atoms with Gasteiger partial charge in [0.1, 0.15) is 5.78 Å². The van der Waals surface area contributed by atoms with Gasteiger partial charge in [0.25, 0.3) is 0 Å². The summed E-state index contributed by atoms with van der Waals surface area (Å²) in [7, 11) is 3.44. The molecule has 0 saturated carbocycles. The third-order valence-electron chi connectivity index (χ3n) is 1.97. The van der Waals surface area contributed by atoms with Crippen LogP contribution in [0.4, 0.5) is 4.79 Å². The number of hydrogen-bond acceptors (Lipinski definition) is 2. The predicted octanol–water partition coefficient (Wildman–Crippen LogP) is 0.333. The zero-order valence-electron chi connectivity index (χ0n) is 7.54. The van der Waals surface area contributed by atoms with Crippen molar-refractivity contribution in [3.05, 3.63) is 0 Å². The van der Waals surface area contributed by atoms with Crippen LogP contribution >= 0.6 is 0 Å². The predicted molar refractivity (Wildman–Crippen MR) is 44.9 cm³/mol. The highest BCUT2D eigenvalue weighted by Crippen LogP contribution is 2.06. The standard InChI is InChI=1S/C8H14N2O2/c1-9(2)8(12)10-5-3-7(11)4-6-10/h3-6H2,1-2H3. The monoisotopic (exact) mass is 170 g/mol. The van der Waals surface area contributed by atoms with Crippen LogP contribution in [0.2, 0.25) is 0 Å². The summed E-state index contributed by atoms with van der Waals surface area (Å²) in [6.07, 6.45) is 1.03. The van der Waals surface area contributed by atoms with Crippen LogP contribution in [0, 0.1) is 0 Å². The smallest absolute Gasteiger partial charge is 0.319 e. The molecule has 0 N–H and O–H groups in total. The maximum Gasteiger partial charge on any atom is 0.319 e. The molecule has 1 aliphatic rings. The third kappa shape index (κ3) is 1.96. The molecule has 1 heterocycles. The molecule has 68 valence electrons. The maximum absolute atomic E-state index is 11.3. The van der Waals surface area contributed by atoms with Crippen LogP contribution in [0.1, 0.15) is 12.8 Å². The average molecular weight is 170 g/mol. The van der Waals surface area contributed by atoms with Crippen molar-refractivity contribution in [3.63, 3.8) is 0 Å². The van der Waals surface area contributed by atoms with Crippen LogP contribution in [0.15, 0.2) is 0 Å². The van der Waals surface area contributed by atoms with Gasteiger partial charge in [0.15, 0.2) is 0 Å². The Kier molecular flexibility index (Phi) is 2.68. The number of amides is 2. The molecular formula is C8H14N2O2. The second kappa shape index (κ2) is 3.56. The minimum atomic E-state index is 0.00231. The molecule has 0 aliphatic carbocycles. The van der Waals surface area contributed by atoms with Gasteiger partial charge in [-0.15, -0.1) is 0 Å². The number of likely N-dealkylation sites (tertiary alicyclic amines) is 1. The van der Waals surface area contributed by atoms with Gasteiger partial charge in [0.05, 0.1) is 0 Å². The van der Waals surface area contributed by atoms with E-state index in [1.54, 1.807) is 19.0 Å². The number of ketones is 1. The van der Waals surface area contributed by atoms with Crippen molar-refractivity contribution in [1.29, 1.82) is 0 Å². The Balaban J connectivity index is 2.44. The van der Waals surface area contributed by atoms with Gasteiger partial charge < -0.3 is 9.80 Å². The summed E-state index contributed by atoms with van der Waals surface area (Å²) in [6, 6.07) is 0.00231. The van der Waals surface area contributed by atoms with E-state index in [4.69, 9.17) is 0 Å². The molecule has 1 fully saturated rings. The van der Waals surface area contributed by atoms with Gasteiger partial charge in [-0.2, -0.15) is 0 Å². The van der Waals surface area contributed by atoms with Gasteiger partial charge in [-0.05, 0) is 0 Å².